The summed E-state index contributed by atoms with van der Waals surface area (Å²) in [7, 11) is 0. The number of hydrogen-bond donors (Lipinski definition) is 2. The molecular weight excluding hydrogens is 362 g/mol. The Morgan fingerprint density at radius 1 is 1.37 bits per heavy atom. The zero-order chi connectivity index (χ0) is 18.8. The third-order valence-corrected chi connectivity index (χ3v) is 5.85. The number of nitrogens with zero attached hydrogens (tertiary/aromatic N) is 6. The van der Waals surface area contributed by atoms with E-state index in [0.717, 1.165) is 23.9 Å². The molecule has 8 nitrogen and oxygen atoms in total. The zero-order valence-corrected chi connectivity index (χ0v) is 15.6. The summed E-state index contributed by atoms with van der Waals surface area (Å²) in [6, 6.07) is 9.89. The zero-order valence-electron chi connectivity index (χ0n) is 14.8. The Morgan fingerprint density at radius 2 is 2.15 bits per heavy atom. The Kier molecular flexibility index (Phi) is 4.81. The van der Waals surface area contributed by atoms with Crippen LogP contribution in [0.3, 0.4) is 0 Å². The number of nitrogens with one attached hydrogen (secondary N) is 1. The monoisotopic (exact) mass is 381 g/mol. The van der Waals surface area contributed by atoms with Crippen LogP contribution in [0.15, 0.2) is 35.2 Å². The molecule has 0 unspecified atom stereocenters. The van der Waals surface area contributed by atoms with Crippen LogP contribution in [0.4, 0.5) is 0 Å². The van der Waals surface area contributed by atoms with Crippen LogP contribution in [0.25, 0.3) is 16.6 Å². The van der Waals surface area contributed by atoms with Crippen LogP contribution in [0.5, 0.6) is 0 Å². The number of fused-ring (bicyclic) bond motifs is 1. The van der Waals surface area contributed by atoms with E-state index in [1.54, 1.807) is 0 Å². The normalized spacial score (nSPS) is 17.0. The van der Waals surface area contributed by atoms with Gasteiger partial charge in [0, 0.05) is 0 Å². The molecule has 0 radical (unpaired) electrons. The molecule has 2 aromatic heterocycles. The summed E-state index contributed by atoms with van der Waals surface area (Å²) >= 11 is 1.34. The fourth-order valence-electron chi connectivity index (χ4n) is 3.36. The van der Waals surface area contributed by atoms with E-state index in [4.69, 9.17) is 0 Å². The lowest BCUT2D eigenvalue weighted by molar-refractivity contribution is 0.399. The minimum atomic E-state index is -0.390. The summed E-state index contributed by atoms with van der Waals surface area (Å²) in [5, 5.41) is 32.6. The molecule has 2 N–H and O–H groups in total. The number of aliphatic hydroxyl groups is 1. The maximum absolute atomic E-state index is 10.7. The number of H-pyrrole nitrogens is 1. The third-order valence-electron chi connectivity index (χ3n) is 4.79. The fourth-order valence-corrected chi connectivity index (χ4v) is 4.28. The second-order valence-electron chi connectivity index (χ2n) is 6.58. The molecule has 138 valence electrons. The van der Waals surface area contributed by atoms with Crippen LogP contribution in [0, 0.1) is 11.3 Å². The van der Waals surface area contributed by atoms with E-state index in [1.807, 2.05) is 35.9 Å². The van der Waals surface area contributed by atoms with Crippen LogP contribution in [-0.2, 0) is 0 Å². The number of aliphatic hydroxyl groups excluding tert-OH is 1. The van der Waals surface area contributed by atoms with E-state index in [0.29, 0.717) is 17.0 Å². The van der Waals surface area contributed by atoms with Gasteiger partial charge < -0.3 is 10.1 Å². The molecule has 4 rings (SSSR count). The lowest BCUT2D eigenvalue weighted by atomic mass is 10.2. The molecule has 0 spiro atoms. The smallest absolute Gasteiger partial charge is 0.210 e. The molecule has 1 aromatic carbocycles. The van der Waals surface area contributed by atoms with Crippen molar-refractivity contribution >= 4 is 28.4 Å². The molecule has 0 saturated heterocycles. The van der Waals surface area contributed by atoms with Gasteiger partial charge in [-0.05, 0) is 42.3 Å². The molecule has 1 fully saturated rings. The summed E-state index contributed by atoms with van der Waals surface area (Å²) in [6.45, 7) is 1.83. The molecule has 2 heterocycles. The highest BCUT2D eigenvalue weighted by molar-refractivity contribution is 7.99. The van der Waals surface area contributed by atoms with E-state index in [9.17, 15) is 10.4 Å². The van der Waals surface area contributed by atoms with Crippen LogP contribution in [-0.4, -0.2) is 40.5 Å². The third kappa shape index (κ3) is 3.40. The molecule has 1 saturated carbocycles. The molecule has 1 atom stereocenters. The van der Waals surface area contributed by atoms with Gasteiger partial charge in [0.1, 0.15) is 17.4 Å². The first kappa shape index (κ1) is 17.5. The number of nitriles is 1. The first-order valence-electron chi connectivity index (χ1n) is 8.90. The minimum absolute atomic E-state index is 0.0393. The van der Waals surface area contributed by atoms with E-state index in [2.05, 4.69) is 31.6 Å². The summed E-state index contributed by atoms with van der Waals surface area (Å²) in [5.41, 5.74) is 1.70. The largest absolute Gasteiger partial charge is 0.510 e. The molecule has 1 aliphatic carbocycles. The number of aromatic nitrogens is 6. The van der Waals surface area contributed by atoms with Crippen molar-refractivity contribution in [1.82, 2.24) is 30.2 Å². The van der Waals surface area contributed by atoms with Crippen molar-refractivity contribution in [3.05, 3.63) is 35.8 Å². The maximum atomic E-state index is 10.7. The summed E-state index contributed by atoms with van der Waals surface area (Å²) in [6.07, 6.45) is 4.49. The van der Waals surface area contributed by atoms with Gasteiger partial charge in [-0.15, -0.1) is 5.10 Å². The standard InChI is InChI=1S/C18H19N7OS/c1-11(27-18-22-23-24-25(18)12-6-2-3-7-12)16(26)13(10-19)17-20-14-8-4-5-9-15(14)21-17/h4-5,8-9,11-12,26H,2-3,6-7H2,1H3,(H,20,21)/t11-/m1/s1. The van der Waals surface area contributed by atoms with Crippen LogP contribution in [0.1, 0.15) is 44.5 Å². The molecular formula is C18H19N7OS. The summed E-state index contributed by atoms with van der Waals surface area (Å²) in [4.78, 5) is 7.51. The van der Waals surface area contributed by atoms with E-state index >= 15 is 0 Å². The predicted molar refractivity (Wildman–Crippen MR) is 102 cm³/mol. The van der Waals surface area contributed by atoms with Crippen molar-refractivity contribution in [3.63, 3.8) is 0 Å². The van der Waals surface area contributed by atoms with Gasteiger partial charge in [-0.1, -0.05) is 36.7 Å². The number of tetrazole rings is 1. The molecule has 9 heteroatoms. The highest BCUT2D eigenvalue weighted by Crippen LogP contribution is 2.34. The molecule has 27 heavy (non-hydrogen) atoms. The Bertz CT molecular complexity index is 993. The van der Waals surface area contributed by atoms with Crippen molar-refractivity contribution in [2.75, 3.05) is 0 Å². The highest BCUT2D eigenvalue weighted by Gasteiger charge is 2.25. The molecule has 3 aromatic rings. The van der Waals surface area contributed by atoms with Crippen molar-refractivity contribution in [2.24, 2.45) is 0 Å². The van der Waals surface area contributed by atoms with Gasteiger partial charge in [-0.3, -0.25) is 0 Å². The van der Waals surface area contributed by atoms with Gasteiger partial charge in [0.25, 0.3) is 0 Å². The number of benzene rings is 1. The Balaban J connectivity index is 1.61. The van der Waals surface area contributed by atoms with Gasteiger partial charge in [-0.25, -0.2) is 9.67 Å². The fraction of sp³-hybridized carbons (Fsp3) is 0.389. The molecule has 0 bridgehead atoms. The second kappa shape index (κ2) is 7.40. The predicted octanol–water partition coefficient (Wildman–Crippen LogP) is 3.64. The van der Waals surface area contributed by atoms with Gasteiger partial charge in [0.05, 0.1) is 22.3 Å². The minimum Gasteiger partial charge on any atom is -0.510 e. The number of rotatable bonds is 5. The Labute approximate surface area is 160 Å². The summed E-state index contributed by atoms with van der Waals surface area (Å²) < 4.78 is 1.84. The van der Waals surface area contributed by atoms with Gasteiger partial charge in [0.2, 0.25) is 5.16 Å². The number of thioether (sulfide) groups is 1. The lowest BCUT2D eigenvalue weighted by Gasteiger charge is -2.14. The number of allylic oxidation sites excluding steroid dienone is 1. The van der Waals surface area contributed by atoms with Crippen molar-refractivity contribution in [1.29, 1.82) is 5.26 Å². The van der Waals surface area contributed by atoms with Crippen LogP contribution >= 0.6 is 11.8 Å². The highest BCUT2D eigenvalue weighted by atomic mass is 32.2. The topological polar surface area (TPSA) is 116 Å². The Hall–Kier alpha value is -2.86. The van der Waals surface area contributed by atoms with E-state index in [-0.39, 0.29) is 16.6 Å². The number of imidazole rings is 1. The van der Waals surface area contributed by atoms with Crippen molar-refractivity contribution in [2.45, 2.75) is 49.1 Å². The first-order valence-corrected chi connectivity index (χ1v) is 9.78. The average Bonchev–Trinajstić information content (AvgIpc) is 3.42. The molecule has 1 aliphatic rings. The quantitative estimate of drug-likeness (QED) is 0.394. The van der Waals surface area contributed by atoms with Gasteiger partial charge in [-0.2, -0.15) is 5.26 Å². The van der Waals surface area contributed by atoms with Crippen LogP contribution in [0.2, 0.25) is 0 Å². The Morgan fingerprint density at radius 3 is 2.89 bits per heavy atom. The van der Waals surface area contributed by atoms with Crippen molar-refractivity contribution in [3.8, 4) is 6.07 Å². The first-order chi connectivity index (χ1) is 13.2. The lowest BCUT2D eigenvalue weighted by Crippen LogP contribution is -2.11. The number of hydrogen-bond acceptors (Lipinski definition) is 7. The van der Waals surface area contributed by atoms with E-state index in [1.165, 1.54) is 24.6 Å². The van der Waals surface area contributed by atoms with Crippen molar-refractivity contribution < 1.29 is 5.11 Å². The van der Waals surface area contributed by atoms with Gasteiger partial charge in [0.15, 0.2) is 5.82 Å². The maximum Gasteiger partial charge on any atom is 0.210 e. The van der Waals surface area contributed by atoms with Crippen LogP contribution < -0.4 is 0 Å². The van der Waals surface area contributed by atoms with E-state index < -0.39 is 0 Å². The summed E-state index contributed by atoms with van der Waals surface area (Å²) in [5.74, 6) is 0.321. The molecule has 0 amide bonds. The van der Waals surface area contributed by atoms with Gasteiger partial charge >= 0.3 is 0 Å². The average molecular weight is 381 g/mol. The number of aromatic amines is 1. The SMILES string of the molecule is C[C@@H](Sc1nnnn1C1CCCC1)C(O)=C(C#N)c1nc2ccccc2[nH]1. The molecule has 0 aliphatic heterocycles. The number of para-hydroxylation sites is 2. The second-order valence-corrected chi connectivity index (χ2v) is 7.89.